The second-order valence-corrected chi connectivity index (χ2v) is 9.57. The monoisotopic (exact) mass is 485 g/mol. The number of ether oxygens (including phenoxy) is 3. The van der Waals surface area contributed by atoms with E-state index in [0.717, 1.165) is 5.69 Å². The van der Waals surface area contributed by atoms with Crippen molar-refractivity contribution in [2.45, 2.75) is 18.2 Å². The molecule has 0 fully saturated rings. The van der Waals surface area contributed by atoms with E-state index in [0.29, 0.717) is 22.0 Å². The maximum atomic E-state index is 12.7. The summed E-state index contributed by atoms with van der Waals surface area (Å²) in [6.45, 7) is 3.83. The van der Waals surface area contributed by atoms with E-state index in [-0.39, 0.29) is 11.7 Å². The normalized spacial score (nSPS) is 19.7. The van der Waals surface area contributed by atoms with Crippen molar-refractivity contribution in [2.75, 3.05) is 30.7 Å². The van der Waals surface area contributed by atoms with Crippen LogP contribution >= 0.6 is 23.5 Å². The third-order valence-corrected chi connectivity index (χ3v) is 7.85. The molecule has 0 saturated carbocycles. The van der Waals surface area contributed by atoms with Crippen molar-refractivity contribution in [3.8, 4) is 5.75 Å². The Balaban J connectivity index is 1.90. The van der Waals surface area contributed by atoms with Gasteiger partial charge in [-0.15, -0.1) is 0 Å². The molecule has 8 nitrogen and oxygen atoms in total. The number of benzene rings is 2. The predicted octanol–water partition coefficient (Wildman–Crippen LogP) is 4.39. The number of hydrogen-bond acceptors (Lipinski definition) is 10. The van der Waals surface area contributed by atoms with Crippen molar-refractivity contribution in [3.63, 3.8) is 0 Å². The van der Waals surface area contributed by atoms with Crippen LogP contribution in [0.4, 0.5) is 11.4 Å². The number of rotatable bonds is 6. The Morgan fingerprint density at radius 1 is 1.00 bits per heavy atom. The first-order chi connectivity index (χ1) is 15.9. The summed E-state index contributed by atoms with van der Waals surface area (Å²) in [5.41, 5.74) is 2.22. The number of hydrogen-bond donors (Lipinski definition) is 0. The zero-order chi connectivity index (χ0) is 23.6. The Kier molecular flexibility index (Phi) is 6.57. The summed E-state index contributed by atoms with van der Waals surface area (Å²) in [6.07, 6.45) is 0. The molecular weight excluding hydrogens is 462 g/mol. The number of anilines is 2. The van der Waals surface area contributed by atoms with Crippen LogP contribution in [0.5, 0.6) is 5.75 Å². The molecule has 0 bridgehead atoms. The van der Waals surface area contributed by atoms with Crippen molar-refractivity contribution in [1.29, 1.82) is 0 Å². The van der Waals surface area contributed by atoms with Crippen LogP contribution in [-0.2, 0) is 19.1 Å². The fraction of sp³-hybridized carbons (Fsp3) is 0.261. The van der Waals surface area contributed by atoms with Gasteiger partial charge in [-0.2, -0.15) is 5.10 Å². The number of carbonyl (C=O) groups is 2. The molecule has 0 aliphatic carbocycles. The molecule has 2 aliphatic rings. The van der Waals surface area contributed by atoms with Gasteiger partial charge in [-0.3, -0.25) is 0 Å². The Bertz CT molecular complexity index is 1140. The van der Waals surface area contributed by atoms with E-state index in [1.807, 2.05) is 66.4 Å². The van der Waals surface area contributed by atoms with E-state index in [9.17, 15) is 9.59 Å². The molecule has 1 atom stereocenters. The number of carbonyl (C=O) groups excluding carboxylic acids is 2. The van der Waals surface area contributed by atoms with Crippen LogP contribution < -0.4 is 14.6 Å². The maximum Gasteiger partial charge on any atom is 0.365 e. The number of methoxy groups -OCH3 is 2. The summed E-state index contributed by atoms with van der Waals surface area (Å²) >= 11 is 2.50. The second kappa shape index (κ2) is 9.40. The number of para-hydroxylation sites is 1. The van der Waals surface area contributed by atoms with Gasteiger partial charge in [0.2, 0.25) is 9.37 Å². The van der Waals surface area contributed by atoms with Gasteiger partial charge < -0.3 is 19.1 Å². The molecule has 2 heterocycles. The molecular formula is C23H23N3O5S2. The van der Waals surface area contributed by atoms with Crippen LogP contribution in [0.1, 0.15) is 13.8 Å². The van der Waals surface area contributed by atoms with Crippen LogP contribution in [0, 0.1) is 0 Å². The number of esters is 2. The van der Waals surface area contributed by atoms with E-state index in [1.165, 1.54) is 30.6 Å². The molecule has 2 aromatic carbocycles. The molecule has 10 heteroatoms. The largest absolute Gasteiger partial charge is 0.497 e. The number of hydrazone groups is 1. The summed E-state index contributed by atoms with van der Waals surface area (Å²) < 4.78 is 14.7. The minimum atomic E-state index is -1.04. The topological polar surface area (TPSA) is 80.7 Å². The van der Waals surface area contributed by atoms with Gasteiger partial charge in [0.25, 0.3) is 0 Å². The number of thioether (sulfide) groups is 2. The summed E-state index contributed by atoms with van der Waals surface area (Å²) in [5.74, 6) is -0.337. The Labute approximate surface area is 200 Å². The van der Waals surface area contributed by atoms with Crippen LogP contribution in [-0.4, -0.2) is 42.1 Å². The molecule has 1 spiro atoms. The molecule has 0 radical (unpaired) electrons. The third-order valence-electron chi connectivity index (χ3n) is 5.00. The number of allylic oxidation sites excluding steroid dienone is 1. The van der Waals surface area contributed by atoms with E-state index >= 15 is 0 Å². The van der Waals surface area contributed by atoms with Crippen molar-refractivity contribution in [3.05, 3.63) is 65.2 Å². The Morgan fingerprint density at radius 3 is 2.39 bits per heavy atom. The maximum absolute atomic E-state index is 12.7. The van der Waals surface area contributed by atoms with E-state index < -0.39 is 16.3 Å². The smallest absolute Gasteiger partial charge is 0.365 e. The van der Waals surface area contributed by atoms with Crippen molar-refractivity contribution in [1.82, 2.24) is 0 Å². The summed E-state index contributed by atoms with van der Waals surface area (Å²) in [7, 11) is 2.94. The standard InChI is InChI=1S/C23H23N3O5S2/c1-5-31-22(28)20-24-26(17-12-9-13-18(14-17)29-3)23(33-20)25(16-10-7-6-8-11-16)15(2)19(32-23)21(27)30-4/h6-14H,5H2,1-4H3/t23-/m1/s1. The predicted molar refractivity (Wildman–Crippen MR) is 131 cm³/mol. The van der Waals surface area contributed by atoms with Gasteiger partial charge >= 0.3 is 11.9 Å². The molecule has 2 aliphatic heterocycles. The van der Waals surface area contributed by atoms with Crippen LogP contribution in [0.15, 0.2) is 70.3 Å². The first-order valence-corrected chi connectivity index (χ1v) is 11.8. The number of nitrogens with zero attached hydrogens (tertiary/aromatic N) is 3. The molecule has 0 saturated heterocycles. The summed E-state index contributed by atoms with van der Waals surface area (Å²) in [4.78, 5) is 27.8. The van der Waals surface area contributed by atoms with E-state index in [1.54, 1.807) is 19.0 Å². The molecule has 0 aromatic heterocycles. The highest BCUT2D eigenvalue weighted by Crippen LogP contribution is 2.60. The molecule has 0 amide bonds. The summed E-state index contributed by atoms with van der Waals surface area (Å²) in [5, 5.41) is 6.57. The molecule has 2 aromatic rings. The molecule has 4 rings (SSSR count). The Morgan fingerprint density at radius 2 is 1.73 bits per heavy atom. The highest BCUT2D eigenvalue weighted by Gasteiger charge is 2.58. The minimum absolute atomic E-state index is 0.187. The van der Waals surface area contributed by atoms with Gasteiger partial charge in [0.05, 0.1) is 26.5 Å². The molecule has 172 valence electrons. The lowest BCUT2D eigenvalue weighted by Gasteiger charge is -2.41. The highest BCUT2D eigenvalue weighted by molar-refractivity contribution is 8.29. The molecule has 33 heavy (non-hydrogen) atoms. The average Bonchev–Trinajstić information content (AvgIpc) is 3.37. The van der Waals surface area contributed by atoms with Crippen LogP contribution in [0.25, 0.3) is 0 Å². The fourth-order valence-corrected chi connectivity index (χ4v) is 6.54. The van der Waals surface area contributed by atoms with E-state index in [2.05, 4.69) is 5.10 Å². The third kappa shape index (κ3) is 4.04. The molecule has 0 N–H and O–H groups in total. The molecule has 0 unspecified atom stereocenters. The van der Waals surface area contributed by atoms with Crippen LogP contribution in [0.2, 0.25) is 0 Å². The van der Waals surface area contributed by atoms with Gasteiger partial charge in [0.1, 0.15) is 10.7 Å². The summed E-state index contributed by atoms with van der Waals surface area (Å²) in [6, 6.07) is 17.0. The zero-order valence-corrected chi connectivity index (χ0v) is 20.2. The lowest BCUT2D eigenvalue weighted by atomic mass is 10.2. The van der Waals surface area contributed by atoms with Gasteiger partial charge in [-0.1, -0.05) is 36.0 Å². The van der Waals surface area contributed by atoms with Gasteiger partial charge in [0, 0.05) is 17.5 Å². The van der Waals surface area contributed by atoms with Crippen molar-refractivity contribution < 1.29 is 23.8 Å². The Hall–Kier alpha value is -3.11. The lowest BCUT2D eigenvalue weighted by Crippen LogP contribution is -2.49. The highest BCUT2D eigenvalue weighted by atomic mass is 32.2. The zero-order valence-electron chi connectivity index (χ0n) is 18.6. The first-order valence-electron chi connectivity index (χ1n) is 10.2. The van der Waals surface area contributed by atoms with Gasteiger partial charge in [-0.05, 0) is 49.9 Å². The van der Waals surface area contributed by atoms with Crippen molar-refractivity contribution >= 4 is 51.9 Å². The van der Waals surface area contributed by atoms with Crippen LogP contribution in [0.3, 0.4) is 0 Å². The minimum Gasteiger partial charge on any atom is -0.497 e. The lowest BCUT2D eigenvalue weighted by molar-refractivity contribution is -0.135. The van der Waals surface area contributed by atoms with Crippen molar-refractivity contribution in [2.24, 2.45) is 5.10 Å². The quantitative estimate of drug-likeness (QED) is 0.553. The SMILES string of the molecule is CCOC(=O)C1=NN(c2cccc(OC)c2)[C@@]2(S1)SC(C(=O)OC)=C(C)N2c1ccccc1. The second-order valence-electron chi connectivity index (χ2n) is 6.97. The first kappa shape index (κ1) is 23.1. The van der Waals surface area contributed by atoms with Gasteiger partial charge in [-0.25, -0.2) is 14.6 Å². The van der Waals surface area contributed by atoms with Gasteiger partial charge in [0.15, 0.2) is 0 Å². The fourth-order valence-electron chi connectivity index (χ4n) is 3.57. The van der Waals surface area contributed by atoms with E-state index in [4.69, 9.17) is 14.2 Å². The average molecular weight is 486 g/mol.